The van der Waals surface area contributed by atoms with Crippen molar-refractivity contribution in [3.63, 3.8) is 0 Å². The van der Waals surface area contributed by atoms with Gasteiger partial charge >= 0.3 is 47.2 Å². The van der Waals surface area contributed by atoms with Crippen molar-refractivity contribution >= 4 is 27.6 Å². The summed E-state index contributed by atoms with van der Waals surface area (Å²) in [5.41, 5.74) is 0. The van der Waals surface area contributed by atoms with E-state index < -0.39 is 0 Å². The van der Waals surface area contributed by atoms with E-state index >= 15 is 0 Å². The molecule has 0 nitrogen and oxygen atoms in total. The van der Waals surface area contributed by atoms with Gasteiger partial charge in [-0.2, -0.15) is 0 Å². The fraction of sp³-hybridized carbons (Fsp3) is 1.00. The second-order valence-corrected chi connectivity index (χ2v) is 1.41. The average Bonchev–Trinajstić information content (AvgIpc) is 1.69. The van der Waals surface area contributed by atoms with Crippen LogP contribution in [0.1, 0.15) is 13.3 Å². The number of hydrogen-bond donors (Lipinski definition) is 0. The van der Waals surface area contributed by atoms with Crippen molar-refractivity contribution in [2.24, 2.45) is 0 Å². The summed E-state index contributed by atoms with van der Waals surface area (Å²) in [5.74, 6) is 0. The van der Waals surface area contributed by atoms with Gasteiger partial charge in [0.2, 0.25) is 0 Å². The van der Waals surface area contributed by atoms with Crippen LogP contribution in [0.2, 0.25) is 6.32 Å². The SMILES string of the molecule is [B]=BB=BCCC. The van der Waals surface area contributed by atoms with Crippen molar-refractivity contribution < 1.29 is 0 Å². The molecule has 0 atom stereocenters. The van der Waals surface area contributed by atoms with Crippen molar-refractivity contribution in [2.75, 3.05) is 0 Å². The van der Waals surface area contributed by atoms with Gasteiger partial charge in [0.25, 0.3) is 0 Å². The molecule has 0 heterocycles. The van der Waals surface area contributed by atoms with Gasteiger partial charge in [0.05, 0.1) is 0 Å². The van der Waals surface area contributed by atoms with Crippen molar-refractivity contribution in [2.45, 2.75) is 19.7 Å². The van der Waals surface area contributed by atoms with Gasteiger partial charge in [0.15, 0.2) is 0 Å². The third kappa shape index (κ3) is 6.26. The van der Waals surface area contributed by atoms with E-state index in [9.17, 15) is 0 Å². The Morgan fingerprint density at radius 3 is 2.71 bits per heavy atom. The van der Waals surface area contributed by atoms with E-state index in [0.29, 0.717) is 0 Å². The second kappa shape index (κ2) is 6.26. The maximum absolute atomic E-state index is 5.06. The predicted octanol–water partition coefficient (Wildman–Crippen LogP) is -0.159. The molecule has 0 fully saturated rings. The van der Waals surface area contributed by atoms with E-state index in [4.69, 9.17) is 7.37 Å². The van der Waals surface area contributed by atoms with Crippen molar-refractivity contribution in [1.82, 2.24) is 0 Å². The first kappa shape index (κ1) is 7.26. The zero-order valence-electron chi connectivity index (χ0n) is 4.72. The van der Waals surface area contributed by atoms with E-state index in [2.05, 4.69) is 13.7 Å². The minimum atomic E-state index is 1.13. The molecule has 0 rings (SSSR count). The molecule has 0 aromatic carbocycles. The van der Waals surface area contributed by atoms with Crippen LogP contribution in [0.15, 0.2) is 0 Å². The van der Waals surface area contributed by atoms with Crippen LogP contribution in [-0.2, 0) is 0 Å². The van der Waals surface area contributed by atoms with Gasteiger partial charge in [-0.05, 0) is 0 Å². The fourth-order valence-corrected chi connectivity index (χ4v) is 0.341. The number of rotatable bonds is 3. The summed E-state index contributed by atoms with van der Waals surface area (Å²) in [6.07, 6.45) is 2.33. The van der Waals surface area contributed by atoms with Crippen LogP contribution in [0.5, 0.6) is 0 Å². The standard InChI is InChI=1S/C3H7B4/c1-2-3-5-7-6-4/h2-3H2,1H3. The van der Waals surface area contributed by atoms with Crippen molar-refractivity contribution in [3.8, 4) is 0 Å². The van der Waals surface area contributed by atoms with E-state index in [1.807, 2.05) is 6.69 Å². The summed E-state index contributed by atoms with van der Waals surface area (Å²) in [6, 6.07) is 0. The molecule has 0 saturated carbocycles. The van der Waals surface area contributed by atoms with Crippen LogP contribution < -0.4 is 0 Å². The number of hydrogen-bond acceptors (Lipinski definition) is 0. The molecule has 0 aliphatic heterocycles. The van der Waals surface area contributed by atoms with Gasteiger partial charge in [0.1, 0.15) is 0 Å². The topological polar surface area (TPSA) is 0 Å². The molecule has 31 valence electrons. The van der Waals surface area contributed by atoms with Crippen LogP contribution in [0.25, 0.3) is 0 Å². The quantitative estimate of drug-likeness (QED) is 0.419. The van der Waals surface area contributed by atoms with Crippen LogP contribution >= 0.6 is 0 Å². The molecule has 1 radical (unpaired) electrons. The molecule has 0 N–H and O–H groups in total. The molecule has 0 aromatic rings. The van der Waals surface area contributed by atoms with Gasteiger partial charge in [-0.3, -0.25) is 0 Å². The molecular formula is C3H7B4. The zero-order chi connectivity index (χ0) is 5.54. The van der Waals surface area contributed by atoms with E-state index in [-0.39, 0.29) is 0 Å². The summed E-state index contributed by atoms with van der Waals surface area (Å²) in [5, 5.41) is 0. The summed E-state index contributed by atoms with van der Waals surface area (Å²) < 4.78 is 0. The summed E-state index contributed by atoms with van der Waals surface area (Å²) in [7, 11) is 5.06. The van der Waals surface area contributed by atoms with Crippen molar-refractivity contribution in [1.29, 1.82) is 0 Å². The third-order valence-corrected chi connectivity index (χ3v) is 0.703. The molecule has 0 amide bonds. The first-order chi connectivity index (χ1) is 3.41. The van der Waals surface area contributed by atoms with Crippen LogP contribution in [-0.4, -0.2) is 27.6 Å². The van der Waals surface area contributed by atoms with E-state index in [0.717, 1.165) is 6.32 Å². The van der Waals surface area contributed by atoms with Gasteiger partial charge in [-0.1, -0.05) is 0 Å². The predicted molar refractivity (Wildman–Crippen MR) is 38.1 cm³/mol. The minimum absolute atomic E-state index is 1.13. The van der Waals surface area contributed by atoms with Gasteiger partial charge in [-0.25, -0.2) is 0 Å². The Hall–Kier alpha value is 0.260. The van der Waals surface area contributed by atoms with E-state index in [1.165, 1.54) is 6.42 Å². The van der Waals surface area contributed by atoms with Gasteiger partial charge < -0.3 is 0 Å². The molecule has 4 heteroatoms. The molecular weight excluding hydrogens is 79.3 g/mol. The summed E-state index contributed by atoms with van der Waals surface area (Å²) in [4.78, 5) is 0. The van der Waals surface area contributed by atoms with Crippen LogP contribution in [0, 0.1) is 0 Å². The molecule has 0 spiro atoms. The Morgan fingerprint density at radius 1 is 1.57 bits per heavy atom. The first-order valence-corrected chi connectivity index (χ1v) is 2.62. The molecule has 0 bridgehead atoms. The fourth-order valence-electron chi connectivity index (χ4n) is 0.341. The Kier molecular flexibility index (Phi) is 6.49. The van der Waals surface area contributed by atoms with Gasteiger partial charge in [-0.15, -0.1) is 0 Å². The maximum atomic E-state index is 5.06. The molecule has 0 aromatic heterocycles. The second-order valence-electron chi connectivity index (χ2n) is 1.41. The molecule has 7 heavy (non-hydrogen) atoms. The molecule has 0 aliphatic rings. The van der Waals surface area contributed by atoms with Crippen molar-refractivity contribution in [3.05, 3.63) is 0 Å². The monoisotopic (exact) mass is 87.1 g/mol. The summed E-state index contributed by atoms with van der Waals surface area (Å²) in [6.45, 7) is 7.61. The molecule has 0 aliphatic carbocycles. The molecule has 0 unspecified atom stereocenters. The Bertz CT molecular complexity index is 67.3. The Morgan fingerprint density at radius 2 is 2.29 bits per heavy atom. The van der Waals surface area contributed by atoms with E-state index in [1.54, 1.807) is 6.69 Å². The Labute approximate surface area is 48.1 Å². The first-order valence-electron chi connectivity index (χ1n) is 2.62. The average molecular weight is 86.3 g/mol. The normalized spacial score (nSPS) is 6.86. The molecule has 0 saturated heterocycles. The van der Waals surface area contributed by atoms with Gasteiger partial charge in [0, 0.05) is 0 Å². The van der Waals surface area contributed by atoms with Crippen LogP contribution in [0.3, 0.4) is 0 Å². The van der Waals surface area contributed by atoms with Crippen LogP contribution in [0.4, 0.5) is 0 Å². The summed E-state index contributed by atoms with van der Waals surface area (Å²) >= 11 is 0. The zero-order valence-corrected chi connectivity index (χ0v) is 4.72. The Balaban J connectivity index is 2.92. The third-order valence-electron chi connectivity index (χ3n) is 0.703.